The topological polar surface area (TPSA) is 49.3 Å². The maximum atomic E-state index is 12.6. The minimum absolute atomic E-state index is 0.116. The summed E-state index contributed by atoms with van der Waals surface area (Å²) in [5, 5.41) is 12.2. The standard InChI is InChI=1S/C15H29NO2/c1-12(2)11-15(7-5-6-8-15)13(18)16-14(3,4)9-10-17/h12,17H,5-11H2,1-4H3,(H,16,18). The summed E-state index contributed by atoms with van der Waals surface area (Å²) in [7, 11) is 0. The van der Waals surface area contributed by atoms with Crippen molar-refractivity contribution in [1.82, 2.24) is 5.32 Å². The molecule has 0 spiro atoms. The predicted molar refractivity (Wildman–Crippen MR) is 74.3 cm³/mol. The van der Waals surface area contributed by atoms with Gasteiger partial charge in [-0.15, -0.1) is 0 Å². The van der Waals surface area contributed by atoms with E-state index in [-0.39, 0.29) is 23.5 Å². The van der Waals surface area contributed by atoms with E-state index in [0.29, 0.717) is 12.3 Å². The molecular weight excluding hydrogens is 226 g/mol. The zero-order valence-corrected chi connectivity index (χ0v) is 12.4. The molecule has 0 aromatic carbocycles. The Bertz CT molecular complexity index is 278. The Hall–Kier alpha value is -0.570. The fraction of sp³-hybridized carbons (Fsp3) is 0.933. The van der Waals surface area contributed by atoms with Crippen LogP contribution in [-0.2, 0) is 4.79 Å². The molecule has 0 aromatic heterocycles. The lowest BCUT2D eigenvalue weighted by Gasteiger charge is -2.35. The van der Waals surface area contributed by atoms with Gasteiger partial charge in [-0.1, -0.05) is 26.7 Å². The van der Waals surface area contributed by atoms with Crippen molar-refractivity contribution in [3.63, 3.8) is 0 Å². The van der Waals surface area contributed by atoms with Crippen molar-refractivity contribution < 1.29 is 9.90 Å². The highest BCUT2D eigenvalue weighted by atomic mass is 16.3. The van der Waals surface area contributed by atoms with Crippen molar-refractivity contribution in [2.75, 3.05) is 6.61 Å². The number of carbonyl (C=O) groups is 1. The highest BCUT2D eigenvalue weighted by molar-refractivity contribution is 5.83. The predicted octanol–water partition coefficient (Wildman–Crippen LogP) is 2.87. The van der Waals surface area contributed by atoms with E-state index in [1.165, 1.54) is 12.8 Å². The van der Waals surface area contributed by atoms with E-state index in [1.54, 1.807) is 0 Å². The molecule has 0 saturated heterocycles. The first-order valence-electron chi connectivity index (χ1n) is 7.25. The molecule has 1 amide bonds. The molecule has 1 aliphatic carbocycles. The van der Waals surface area contributed by atoms with Gasteiger partial charge in [0.15, 0.2) is 0 Å². The van der Waals surface area contributed by atoms with Gasteiger partial charge >= 0.3 is 0 Å². The number of aliphatic hydroxyl groups excluding tert-OH is 1. The van der Waals surface area contributed by atoms with Crippen LogP contribution < -0.4 is 5.32 Å². The first kappa shape index (κ1) is 15.5. The van der Waals surface area contributed by atoms with Crippen LogP contribution in [-0.4, -0.2) is 23.2 Å². The zero-order chi connectivity index (χ0) is 13.8. The van der Waals surface area contributed by atoms with Crippen LogP contribution in [0.1, 0.15) is 66.2 Å². The molecule has 2 N–H and O–H groups in total. The Morgan fingerprint density at radius 2 is 1.89 bits per heavy atom. The molecule has 1 fully saturated rings. The normalized spacial score (nSPS) is 19.2. The lowest BCUT2D eigenvalue weighted by molar-refractivity contribution is -0.133. The molecular formula is C15H29NO2. The molecule has 0 heterocycles. The number of hydrogen-bond donors (Lipinski definition) is 2. The van der Waals surface area contributed by atoms with Gasteiger partial charge in [0.2, 0.25) is 5.91 Å². The quantitative estimate of drug-likeness (QED) is 0.766. The van der Waals surface area contributed by atoms with Crippen LogP contribution in [0.25, 0.3) is 0 Å². The average molecular weight is 255 g/mol. The number of amides is 1. The molecule has 1 rings (SSSR count). The third-order valence-electron chi connectivity index (χ3n) is 4.03. The molecule has 0 radical (unpaired) electrons. The number of nitrogens with one attached hydrogen (secondary N) is 1. The van der Waals surface area contributed by atoms with Gasteiger partial charge < -0.3 is 10.4 Å². The van der Waals surface area contributed by atoms with E-state index in [0.717, 1.165) is 19.3 Å². The number of carbonyl (C=O) groups excluding carboxylic acids is 1. The van der Waals surface area contributed by atoms with E-state index in [9.17, 15) is 4.79 Å². The summed E-state index contributed by atoms with van der Waals surface area (Å²) in [6, 6.07) is 0. The second-order valence-corrected chi connectivity index (χ2v) is 6.90. The van der Waals surface area contributed by atoms with Crippen molar-refractivity contribution in [3.05, 3.63) is 0 Å². The molecule has 0 aromatic rings. The van der Waals surface area contributed by atoms with E-state index in [2.05, 4.69) is 19.2 Å². The van der Waals surface area contributed by atoms with Crippen molar-refractivity contribution in [2.24, 2.45) is 11.3 Å². The molecule has 0 atom stereocenters. The molecule has 3 nitrogen and oxygen atoms in total. The Morgan fingerprint density at radius 1 is 1.33 bits per heavy atom. The maximum Gasteiger partial charge on any atom is 0.226 e. The lowest BCUT2D eigenvalue weighted by Crippen LogP contribution is -2.50. The average Bonchev–Trinajstić information content (AvgIpc) is 2.65. The highest BCUT2D eigenvalue weighted by Crippen LogP contribution is 2.43. The maximum absolute atomic E-state index is 12.6. The van der Waals surface area contributed by atoms with Gasteiger partial charge in [0.25, 0.3) is 0 Å². The molecule has 0 aliphatic heterocycles. The van der Waals surface area contributed by atoms with Crippen LogP contribution in [0.15, 0.2) is 0 Å². The highest BCUT2D eigenvalue weighted by Gasteiger charge is 2.42. The van der Waals surface area contributed by atoms with Gasteiger partial charge in [0.1, 0.15) is 0 Å². The number of rotatable bonds is 6. The van der Waals surface area contributed by atoms with Gasteiger partial charge in [-0.2, -0.15) is 0 Å². The van der Waals surface area contributed by atoms with Crippen molar-refractivity contribution in [3.8, 4) is 0 Å². The minimum Gasteiger partial charge on any atom is -0.396 e. The van der Waals surface area contributed by atoms with Gasteiger partial charge in [0, 0.05) is 17.6 Å². The molecule has 3 heteroatoms. The third kappa shape index (κ3) is 3.98. The summed E-state index contributed by atoms with van der Waals surface area (Å²) in [4.78, 5) is 12.6. The first-order valence-corrected chi connectivity index (χ1v) is 7.25. The van der Waals surface area contributed by atoms with Crippen LogP contribution in [0.2, 0.25) is 0 Å². The van der Waals surface area contributed by atoms with Crippen LogP contribution in [0.4, 0.5) is 0 Å². The summed E-state index contributed by atoms with van der Waals surface area (Å²) >= 11 is 0. The van der Waals surface area contributed by atoms with Gasteiger partial charge in [-0.3, -0.25) is 4.79 Å². The smallest absolute Gasteiger partial charge is 0.226 e. The number of hydrogen-bond acceptors (Lipinski definition) is 2. The van der Waals surface area contributed by atoms with E-state index < -0.39 is 0 Å². The fourth-order valence-corrected chi connectivity index (χ4v) is 3.14. The number of aliphatic hydroxyl groups is 1. The van der Waals surface area contributed by atoms with Crippen LogP contribution in [0.3, 0.4) is 0 Å². The minimum atomic E-state index is -0.307. The molecule has 18 heavy (non-hydrogen) atoms. The van der Waals surface area contributed by atoms with Crippen molar-refractivity contribution in [1.29, 1.82) is 0 Å². The molecule has 1 saturated carbocycles. The van der Waals surface area contributed by atoms with Gasteiger partial charge in [-0.05, 0) is 45.4 Å². The monoisotopic (exact) mass is 255 g/mol. The van der Waals surface area contributed by atoms with E-state index >= 15 is 0 Å². The Labute approximate surface area is 111 Å². The molecule has 1 aliphatic rings. The van der Waals surface area contributed by atoms with Gasteiger partial charge in [0.05, 0.1) is 0 Å². The summed E-state index contributed by atoms with van der Waals surface area (Å²) in [5.74, 6) is 0.752. The summed E-state index contributed by atoms with van der Waals surface area (Å²) < 4.78 is 0. The first-order chi connectivity index (χ1) is 8.31. The Kier molecular flexibility index (Phi) is 5.20. The van der Waals surface area contributed by atoms with E-state index in [1.807, 2.05) is 13.8 Å². The molecule has 106 valence electrons. The largest absolute Gasteiger partial charge is 0.396 e. The summed E-state index contributed by atoms with van der Waals surface area (Å²) in [5.41, 5.74) is -0.459. The van der Waals surface area contributed by atoms with Crippen LogP contribution >= 0.6 is 0 Å². The Morgan fingerprint density at radius 3 is 2.33 bits per heavy atom. The third-order valence-corrected chi connectivity index (χ3v) is 4.03. The molecule has 0 unspecified atom stereocenters. The lowest BCUT2D eigenvalue weighted by atomic mass is 9.77. The molecule has 0 bridgehead atoms. The van der Waals surface area contributed by atoms with E-state index in [4.69, 9.17) is 5.11 Å². The van der Waals surface area contributed by atoms with Gasteiger partial charge in [-0.25, -0.2) is 0 Å². The van der Waals surface area contributed by atoms with Crippen molar-refractivity contribution in [2.45, 2.75) is 71.8 Å². The zero-order valence-electron chi connectivity index (χ0n) is 12.4. The summed E-state index contributed by atoms with van der Waals surface area (Å²) in [6.45, 7) is 8.46. The summed E-state index contributed by atoms with van der Waals surface area (Å²) in [6.07, 6.45) is 5.96. The second kappa shape index (κ2) is 6.05. The van der Waals surface area contributed by atoms with Crippen LogP contribution in [0.5, 0.6) is 0 Å². The fourth-order valence-electron chi connectivity index (χ4n) is 3.14. The second-order valence-electron chi connectivity index (χ2n) is 6.90. The van der Waals surface area contributed by atoms with Crippen molar-refractivity contribution >= 4 is 5.91 Å². The Balaban J connectivity index is 2.72. The van der Waals surface area contributed by atoms with Crippen LogP contribution in [0, 0.1) is 11.3 Å². The SMILES string of the molecule is CC(C)CC1(C(=O)NC(C)(C)CCO)CCCC1.